The molecule has 1 aliphatic heterocycles. The molecule has 2 heteroatoms. The first-order valence-corrected chi connectivity index (χ1v) is 3.54. The molecule has 0 saturated heterocycles. The second-order valence-electron chi connectivity index (χ2n) is 2.71. The molecule has 2 rings (SSSR count). The summed E-state index contributed by atoms with van der Waals surface area (Å²) in [6, 6.07) is 4.58. The number of rotatable bonds is 0. The molecule has 0 amide bonds. The first-order valence-electron chi connectivity index (χ1n) is 3.54. The van der Waals surface area contributed by atoms with Gasteiger partial charge in [-0.2, -0.15) is 0 Å². The molecule has 0 radical (unpaired) electrons. The van der Waals surface area contributed by atoms with Crippen LogP contribution in [0.1, 0.15) is 12.6 Å². The number of fused-ring (bicyclic) bond motifs is 1. The van der Waals surface area contributed by atoms with E-state index >= 15 is 0 Å². The summed E-state index contributed by atoms with van der Waals surface area (Å²) >= 11 is 0. The summed E-state index contributed by atoms with van der Waals surface area (Å²) in [5.41, 5.74) is 1.22. The highest BCUT2D eigenvalue weighted by molar-refractivity contribution is 5.78. The molecule has 0 N–H and O–H groups in total. The molecular weight excluding hydrogens is 124 g/mol. The van der Waals surface area contributed by atoms with Gasteiger partial charge in [0, 0.05) is 19.0 Å². The molecule has 1 aromatic rings. The highest BCUT2D eigenvalue weighted by Crippen LogP contribution is 2.07. The lowest BCUT2D eigenvalue weighted by molar-refractivity contribution is 0.579. The Balaban J connectivity index is 2.43. The first kappa shape index (κ1) is 5.71. The van der Waals surface area contributed by atoms with Gasteiger partial charge in [0.2, 0.25) is 0 Å². The van der Waals surface area contributed by atoms with Gasteiger partial charge in [-0.1, -0.05) is 0 Å². The average Bonchev–Trinajstić information content (AvgIpc) is 2.33. The van der Waals surface area contributed by atoms with Gasteiger partial charge < -0.3 is 4.57 Å². The lowest BCUT2D eigenvalue weighted by atomic mass is 10.3. The maximum atomic E-state index is 4.30. The lowest BCUT2D eigenvalue weighted by Crippen LogP contribution is -2.16. The Morgan fingerprint density at radius 1 is 1.70 bits per heavy atom. The van der Waals surface area contributed by atoms with Gasteiger partial charge in [0.1, 0.15) is 0 Å². The number of hydrogen-bond donors (Lipinski definition) is 0. The summed E-state index contributed by atoms with van der Waals surface area (Å²) in [5, 5.41) is 0. The Labute approximate surface area is 60.2 Å². The fourth-order valence-corrected chi connectivity index (χ4v) is 1.25. The number of hydrogen-bond acceptors (Lipinski definition) is 1. The van der Waals surface area contributed by atoms with Gasteiger partial charge in [-0.3, -0.25) is 4.99 Å². The normalized spacial score (nSPS) is 22.7. The zero-order valence-corrected chi connectivity index (χ0v) is 5.99. The molecule has 1 atom stereocenters. The zero-order chi connectivity index (χ0) is 6.97. The third-order valence-corrected chi connectivity index (χ3v) is 1.79. The molecule has 0 bridgehead atoms. The van der Waals surface area contributed by atoms with Crippen molar-refractivity contribution < 1.29 is 0 Å². The first-order chi connectivity index (χ1) is 4.86. The van der Waals surface area contributed by atoms with Crippen LogP contribution in [0, 0.1) is 0 Å². The highest BCUT2D eigenvalue weighted by Gasteiger charge is 2.07. The van der Waals surface area contributed by atoms with E-state index in [1.54, 1.807) is 0 Å². The van der Waals surface area contributed by atoms with E-state index in [9.17, 15) is 0 Å². The van der Waals surface area contributed by atoms with Gasteiger partial charge in [-0.15, -0.1) is 0 Å². The second kappa shape index (κ2) is 1.97. The summed E-state index contributed by atoms with van der Waals surface area (Å²) < 4.78 is 2.22. The largest absolute Gasteiger partial charge is 0.345 e. The van der Waals surface area contributed by atoms with Crippen LogP contribution in [-0.4, -0.2) is 16.8 Å². The molecule has 10 heavy (non-hydrogen) atoms. The van der Waals surface area contributed by atoms with Crippen molar-refractivity contribution >= 4 is 6.21 Å². The van der Waals surface area contributed by atoms with E-state index in [4.69, 9.17) is 0 Å². The molecule has 2 heterocycles. The van der Waals surface area contributed by atoms with E-state index < -0.39 is 0 Å². The van der Waals surface area contributed by atoms with E-state index in [2.05, 4.69) is 34.8 Å². The molecule has 2 nitrogen and oxygen atoms in total. The molecule has 0 fully saturated rings. The van der Waals surface area contributed by atoms with Crippen molar-refractivity contribution in [3.63, 3.8) is 0 Å². The maximum Gasteiger partial charge on any atom is 0.0651 e. The van der Waals surface area contributed by atoms with Gasteiger partial charge in [0.15, 0.2) is 0 Å². The maximum absolute atomic E-state index is 4.30. The molecule has 1 aromatic heterocycles. The van der Waals surface area contributed by atoms with Gasteiger partial charge in [-0.25, -0.2) is 0 Å². The molecule has 1 aliphatic rings. The topological polar surface area (TPSA) is 17.3 Å². The van der Waals surface area contributed by atoms with Gasteiger partial charge >= 0.3 is 0 Å². The lowest BCUT2D eigenvalue weighted by Gasteiger charge is -2.14. The van der Waals surface area contributed by atoms with E-state index in [1.807, 2.05) is 6.21 Å². The third kappa shape index (κ3) is 0.764. The van der Waals surface area contributed by atoms with Crippen molar-refractivity contribution in [2.75, 3.05) is 0 Å². The van der Waals surface area contributed by atoms with Crippen LogP contribution in [0.2, 0.25) is 0 Å². The van der Waals surface area contributed by atoms with E-state index in [-0.39, 0.29) is 0 Å². The van der Waals surface area contributed by atoms with Crippen LogP contribution in [0.3, 0.4) is 0 Å². The summed E-state index contributed by atoms with van der Waals surface area (Å²) in [6.45, 7) is 3.15. The van der Waals surface area contributed by atoms with Crippen LogP contribution in [0.4, 0.5) is 0 Å². The van der Waals surface area contributed by atoms with E-state index in [0.717, 1.165) is 6.54 Å². The number of aliphatic imine (C=N–C) groups is 1. The van der Waals surface area contributed by atoms with Crippen LogP contribution in [0.25, 0.3) is 0 Å². The molecule has 52 valence electrons. The van der Waals surface area contributed by atoms with Crippen LogP contribution in [0.5, 0.6) is 0 Å². The minimum Gasteiger partial charge on any atom is -0.345 e. The van der Waals surface area contributed by atoms with Gasteiger partial charge in [-0.05, 0) is 19.1 Å². The van der Waals surface area contributed by atoms with Crippen molar-refractivity contribution in [2.45, 2.75) is 19.5 Å². The summed E-state index contributed by atoms with van der Waals surface area (Å²) in [6.07, 6.45) is 4.03. The average molecular weight is 134 g/mol. The minimum absolute atomic E-state index is 0.444. The van der Waals surface area contributed by atoms with Crippen LogP contribution >= 0.6 is 0 Å². The Morgan fingerprint density at radius 3 is 3.50 bits per heavy atom. The van der Waals surface area contributed by atoms with Crippen molar-refractivity contribution in [1.82, 2.24) is 4.57 Å². The molecule has 1 unspecified atom stereocenters. The minimum atomic E-state index is 0.444. The molecular formula is C8H10N2. The Hall–Kier alpha value is -1.05. The number of nitrogens with zero attached hydrogens (tertiary/aromatic N) is 2. The summed E-state index contributed by atoms with van der Waals surface area (Å²) in [4.78, 5) is 4.30. The van der Waals surface area contributed by atoms with Crippen LogP contribution in [0.15, 0.2) is 23.3 Å². The van der Waals surface area contributed by atoms with Crippen molar-refractivity contribution in [3.8, 4) is 0 Å². The Morgan fingerprint density at radius 2 is 2.60 bits per heavy atom. The fourth-order valence-electron chi connectivity index (χ4n) is 1.25. The molecule has 0 aliphatic carbocycles. The van der Waals surface area contributed by atoms with Crippen LogP contribution in [-0.2, 0) is 6.54 Å². The fraction of sp³-hybridized carbons (Fsp3) is 0.375. The molecule has 0 spiro atoms. The summed E-state index contributed by atoms with van der Waals surface area (Å²) in [5.74, 6) is 0. The quantitative estimate of drug-likeness (QED) is 0.509. The smallest absolute Gasteiger partial charge is 0.0651 e. The predicted molar refractivity (Wildman–Crippen MR) is 41.5 cm³/mol. The second-order valence-corrected chi connectivity index (χ2v) is 2.71. The van der Waals surface area contributed by atoms with Crippen LogP contribution < -0.4 is 0 Å². The number of aromatic nitrogens is 1. The highest BCUT2D eigenvalue weighted by atomic mass is 15.0. The van der Waals surface area contributed by atoms with Crippen molar-refractivity contribution in [2.24, 2.45) is 4.99 Å². The van der Waals surface area contributed by atoms with E-state index in [1.165, 1.54) is 5.69 Å². The third-order valence-electron chi connectivity index (χ3n) is 1.79. The van der Waals surface area contributed by atoms with Crippen molar-refractivity contribution in [3.05, 3.63) is 24.0 Å². The van der Waals surface area contributed by atoms with Gasteiger partial charge in [0.05, 0.1) is 11.7 Å². The molecule has 0 saturated carbocycles. The Bertz CT molecular complexity index is 260. The monoisotopic (exact) mass is 134 g/mol. The predicted octanol–water partition coefficient (Wildman–Crippen LogP) is 1.31. The standard InChI is InChI=1S/C8H10N2/c1-7-6-10-4-2-3-8(10)5-9-7/h2-5,7H,6H2,1H3. The zero-order valence-electron chi connectivity index (χ0n) is 5.99. The molecule has 0 aromatic carbocycles. The van der Waals surface area contributed by atoms with E-state index in [0.29, 0.717) is 6.04 Å². The van der Waals surface area contributed by atoms with Crippen molar-refractivity contribution in [1.29, 1.82) is 0 Å². The SMILES string of the molecule is CC1Cn2cccc2C=N1. The Kier molecular flexibility index (Phi) is 1.13. The summed E-state index contributed by atoms with van der Waals surface area (Å²) in [7, 11) is 0. The van der Waals surface area contributed by atoms with Gasteiger partial charge in [0.25, 0.3) is 0 Å².